The van der Waals surface area contributed by atoms with Crippen LogP contribution in [0.4, 0.5) is 0 Å². The molecule has 3 rings (SSSR count). The first-order valence-electron chi connectivity index (χ1n) is 8.17. The predicted octanol–water partition coefficient (Wildman–Crippen LogP) is 4.66. The Morgan fingerprint density at radius 3 is 2.19 bits per heavy atom. The van der Waals surface area contributed by atoms with Gasteiger partial charge in [0.1, 0.15) is 0 Å². The van der Waals surface area contributed by atoms with Gasteiger partial charge in [0.2, 0.25) is 5.91 Å². The molecule has 0 bridgehead atoms. The second kappa shape index (κ2) is 6.12. The van der Waals surface area contributed by atoms with Gasteiger partial charge >= 0.3 is 0 Å². The molecule has 0 spiro atoms. The first-order chi connectivity index (χ1) is 10.1. The molecule has 1 amide bonds. The molecule has 2 aliphatic rings. The fraction of sp³-hybridized carbons (Fsp3) is 0.611. The SMILES string of the molecule is CN(C(=O)C1(c2ccc(Br)cc2)CC1)C1CCCCCC1. The molecule has 114 valence electrons. The standard InChI is InChI=1S/C18H24BrNO/c1-20(16-6-4-2-3-5-7-16)17(21)18(12-13-18)14-8-10-15(19)11-9-14/h8-11,16H,2-7,12-13H2,1H3. The van der Waals surface area contributed by atoms with Crippen LogP contribution in [0.15, 0.2) is 28.7 Å². The average molecular weight is 350 g/mol. The molecule has 21 heavy (non-hydrogen) atoms. The Kier molecular flexibility index (Phi) is 4.39. The molecule has 2 nitrogen and oxygen atoms in total. The van der Waals surface area contributed by atoms with Crippen LogP contribution in [0.3, 0.4) is 0 Å². The summed E-state index contributed by atoms with van der Waals surface area (Å²) in [5, 5.41) is 0. The summed E-state index contributed by atoms with van der Waals surface area (Å²) >= 11 is 3.47. The van der Waals surface area contributed by atoms with Gasteiger partial charge < -0.3 is 4.90 Å². The first kappa shape index (κ1) is 15.1. The monoisotopic (exact) mass is 349 g/mol. The zero-order valence-electron chi connectivity index (χ0n) is 12.8. The Hall–Kier alpha value is -0.830. The van der Waals surface area contributed by atoms with Gasteiger partial charge in [0, 0.05) is 17.6 Å². The van der Waals surface area contributed by atoms with Crippen molar-refractivity contribution in [2.45, 2.75) is 62.8 Å². The summed E-state index contributed by atoms with van der Waals surface area (Å²) in [7, 11) is 2.03. The second-order valence-electron chi connectivity index (χ2n) is 6.65. The molecule has 2 fully saturated rings. The summed E-state index contributed by atoms with van der Waals surface area (Å²) in [6.07, 6.45) is 9.57. The maximum atomic E-state index is 13.0. The highest BCUT2D eigenvalue weighted by molar-refractivity contribution is 9.10. The van der Waals surface area contributed by atoms with E-state index < -0.39 is 0 Å². The lowest BCUT2D eigenvalue weighted by Crippen LogP contribution is -2.43. The lowest BCUT2D eigenvalue weighted by molar-refractivity contribution is -0.135. The lowest BCUT2D eigenvalue weighted by Gasteiger charge is -2.31. The van der Waals surface area contributed by atoms with E-state index in [0.29, 0.717) is 11.9 Å². The molecule has 0 saturated heterocycles. The van der Waals surface area contributed by atoms with Crippen molar-refractivity contribution in [2.75, 3.05) is 7.05 Å². The third kappa shape index (κ3) is 3.03. The fourth-order valence-corrected chi connectivity index (χ4v) is 3.93. The summed E-state index contributed by atoms with van der Waals surface area (Å²) in [6.45, 7) is 0. The number of carbonyl (C=O) groups excluding carboxylic acids is 1. The Labute approximate surface area is 136 Å². The summed E-state index contributed by atoms with van der Waals surface area (Å²) in [5.74, 6) is 0.344. The molecule has 1 aromatic carbocycles. The van der Waals surface area contributed by atoms with Crippen molar-refractivity contribution < 1.29 is 4.79 Å². The number of halogens is 1. The molecule has 1 aromatic rings. The van der Waals surface area contributed by atoms with Gasteiger partial charge in [0.15, 0.2) is 0 Å². The number of rotatable bonds is 3. The maximum Gasteiger partial charge on any atom is 0.233 e. The van der Waals surface area contributed by atoms with Gasteiger partial charge in [-0.05, 0) is 43.4 Å². The van der Waals surface area contributed by atoms with Crippen molar-refractivity contribution in [3.8, 4) is 0 Å². The lowest BCUT2D eigenvalue weighted by atomic mass is 9.93. The number of benzene rings is 1. The maximum absolute atomic E-state index is 13.0. The van der Waals surface area contributed by atoms with Crippen LogP contribution >= 0.6 is 15.9 Å². The van der Waals surface area contributed by atoms with Crippen molar-refractivity contribution in [1.29, 1.82) is 0 Å². The summed E-state index contributed by atoms with van der Waals surface area (Å²) in [6, 6.07) is 8.77. The molecule has 0 radical (unpaired) electrons. The molecular formula is C18H24BrNO. The molecular weight excluding hydrogens is 326 g/mol. The highest BCUT2D eigenvalue weighted by atomic mass is 79.9. The van der Waals surface area contributed by atoms with Crippen LogP contribution in [0.5, 0.6) is 0 Å². The van der Waals surface area contributed by atoms with Crippen LogP contribution in [0.1, 0.15) is 56.9 Å². The average Bonchev–Trinajstić information content (AvgIpc) is 3.31. The number of hydrogen-bond acceptors (Lipinski definition) is 1. The first-order valence-corrected chi connectivity index (χ1v) is 8.96. The van der Waals surface area contributed by atoms with Gasteiger partial charge in [-0.2, -0.15) is 0 Å². The van der Waals surface area contributed by atoms with E-state index in [2.05, 4.69) is 33.0 Å². The molecule has 0 atom stereocenters. The van der Waals surface area contributed by atoms with E-state index in [1.807, 2.05) is 19.2 Å². The van der Waals surface area contributed by atoms with Crippen LogP contribution in [0.25, 0.3) is 0 Å². The van der Waals surface area contributed by atoms with Gasteiger partial charge in [-0.1, -0.05) is 53.7 Å². The smallest absolute Gasteiger partial charge is 0.233 e. The predicted molar refractivity (Wildman–Crippen MR) is 89.3 cm³/mol. The Balaban J connectivity index is 1.75. The van der Waals surface area contributed by atoms with Crippen LogP contribution in [0.2, 0.25) is 0 Å². The van der Waals surface area contributed by atoms with E-state index in [9.17, 15) is 4.79 Å². The summed E-state index contributed by atoms with van der Waals surface area (Å²) < 4.78 is 1.08. The Bertz CT molecular complexity index is 498. The van der Waals surface area contributed by atoms with Crippen LogP contribution in [-0.4, -0.2) is 23.9 Å². The van der Waals surface area contributed by atoms with Gasteiger partial charge in [0.05, 0.1) is 5.41 Å². The van der Waals surface area contributed by atoms with Crippen molar-refractivity contribution in [3.05, 3.63) is 34.3 Å². The number of carbonyl (C=O) groups is 1. The number of nitrogens with zero attached hydrogens (tertiary/aromatic N) is 1. The molecule has 0 aliphatic heterocycles. The van der Waals surface area contributed by atoms with Crippen LogP contribution in [-0.2, 0) is 10.2 Å². The van der Waals surface area contributed by atoms with Gasteiger partial charge in [-0.25, -0.2) is 0 Å². The van der Waals surface area contributed by atoms with E-state index in [4.69, 9.17) is 0 Å². The van der Waals surface area contributed by atoms with Crippen molar-refractivity contribution in [2.24, 2.45) is 0 Å². The molecule has 0 unspecified atom stereocenters. The van der Waals surface area contributed by atoms with Crippen molar-refractivity contribution in [1.82, 2.24) is 4.90 Å². The zero-order valence-corrected chi connectivity index (χ0v) is 14.4. The van der Waals surface area contributed by atoms with Gasteiger partial charge in [-0.3, -0.25) is 4.79 Å². The van der Waals surface area contributed by atoms with E-state index in [1.54, 1.807) is 0 Å². The van der Waals surface area contributed by atoms with E-state index >= 15 is 0 Å². The normalized spacial score (nSPS) is 21.6. The highest BCUT2D eigenvalue weighted by Crippen LogP contribution is 2.50. The van der Waals surface area contributed by atoms with Crippen LogP contribution < -0.4 is 0 Å². The van der Waals surface area contributed by atoms with E-state index in [-0.39, 0.29) is 5.41 Å². The minimum atomic E-state index is -0.220. The van der Waals surface area contributed by atoms with Gasteiger partial charge in [0.25, 0.3) is 0 Å². The quantitative estimate of drug-likeness (QED) is 0.726. The molecule has 0 heterocycles. The Morgan fingerprint density at radius 2 is 1.67 bits per heavy atom. The largest absolute Gasteiger partial charge is 0.342 e. The third-order valence-electron chi connectivity index (χ3n) is 5.25. The molecule has 0 aromatic heterocycles. The zero-order chi connectivity index (χ0) is 14.9. The van der Waals surface area contributed by atoms with Crippen molar-refractivity contribution in [3.63, 3.8) is 0 Å². The number of likely N-dealkylation sites (N-methyl/N-ethyl adjacent to an activating group) is 1. The van der Waals surface area contributed by atoms with Crippen LogP contribution in [0, 0.1) is 0 Å². The number of hydrogen-bond donors (Lipinski definition) is 0. The Morgan fingerprint density at radius 1 is 1.10 bits per heavy atom. The van der Waals surface area contributed by atoms with E-state index in [0.717, 1.165) is 17.3 Å². The third-order valence-corrected chi connectivity index (χ3v) is 5.78. The second-order valence-corrected chi connectivity index (χ2v) is 7.57. The minimum absolute atomic E-state index is 0.220. The fourth-order valence-electron chi connectivity index (χ4n) is 3.67. The van der Waals surface area contributed by atoms with Crippen molar-refractivity contribution >= 4 is 21.8 Å². The molecule has 2 aliphatic carbocycles. The number of amides is 1. The van der Waals surface area contributed by atoms with Gasteiger partial charge in [-0.15, -0.1) is 0 Å². The molecule has 3 heteroatoms. The molecule has 2 saturated carbocycles. The highest BCUT2D eigenvalue weighted by Gasteiger charge is 2.53. The van der Waals surface area contributed by atoms with E-state index in [1.165, 1.54) is 44.1 Å². The summed E-state index contributed by atoms with van der Waals surface area (Å²) in [4.78, 5) is 15.1. The minimum Gasteiger partial charge on any atom is -0.342 e. The summed E-state index contributed by atoms with van der Waals surface area (Å²) in [5.41, 5.74) is 0.970. The topological polar surface area (TPSA) is 20.3 Å². The molecule has 0 N–H and O–H groups in total.